The van der Waals surface area contributed by atoms with Crippen LogP contribution in [0.5, 0.6) is 0 Å². The first-order valence-electron chi connectivity index (χ1n) is 6.84. The summed E-state index contributed by atoms with van der Waals surface area (Å²) >= 11 is 1.81. The first-order valence-corrected chi connectivity index (χ1v) is 7.72. The van der Waals surface area contributed by atoms with Crippen molar-refractivity contribution >= 4 is 11.3 Å². The van der Waals surface area contributed by atoms with Gasteiger partial charge in [0.05, 0.1) is 6.10 Å². The molecule has 2 aromatic rings. The van der Waals surface area contributed by atoms with Gasteiger partial charge < -0.3 is 5.11 Å². The van der Waals surface area contributed by atoms with Gasteiger partial charge in [0.25, 0.3) is 0 Å². The van der Waals surface area contributed by atoms with Crippen molar-refractivity contribution in [2.45, 2.75) is 18.6 Å². The lowest BCUT2D eigenvalue weighted by molar-refractivity contribution is 0.118. The molecule has 1 saturated heterocycles. The molecule has 1 fully saturated rings. The molecule has 1 aliphatic carbocycles. The van der Waals surface area contributed by atoms with Crippen molar-refractivity contribution in [1.82, 2.24) is 4.90 Å². The van der Waals surface area contributed by atoms with E-state index in [0.29, 0.717) is 11.8 Å². The van der Waals surface area contributed by atoms with Gasteiger partial charge in [-0.15, -0.1) is 11.3 Å². The van der Waals surface area contributed by atoms with E-state index in [1.807, 2.05) is 11.3 Å². The van der Waals surface area contributed by atoms with Gasteiger partial charge in [-0.2, -0.15) is 0 Å². The maximum Gasteiger partial charge on any atom is 0.0847 e. The van der Waals surface area contributed by atoms with Crippen LogP contribution in [-0.2, 0) is 6.54 Å². The van der Waals surface area contributed by atoms with Crippen LogP contribution in [0.2, 0.25) is 0 Å². The number of fused-ring (bicyclic) bond motifs is 3. The van der Waals surface area contributed by atoms with Gasteiger partial charge in [0.1, 0.15) is 0 Å². The Balaban J connectivity index is 1.53. The van der Waals surface area contributed by atoms with Crippen molar-refractivity contribution in [3.8, 4) is 0 Å². The average molecular weight is 271 g/mol. The summed E-state index contributed by atoms with van der Waals surface area (Å²) in [6.07, 6.45) is -0.243. The van der Waals surface area contributed by atoms with Crippen molar-refractivity contribution in [3.05, 3.63) is 57.8 Å². The summed E-state index contributed by atoms with van der Waals surface area (Å²) < 4.78 is 0. The molecule has 3 unspecified atom stereocenters. The number of hydrogen-bond acceptors (Lipinski definition) is 3. The normalized spacial score (nSPS) is 29.4. The number of aliphatic hydroxyl groups excluding tert-OH is 1. The fourth-order valence-electron chi connectivity index (χ4n) is 3.59. The highest BCUT2D eigenvalue weighted by atomic mass is 32.1. The second-order valence-electron chi connectivity index (χ2n) is 5.64. The van der Waals surface area contributed by atoms with Crippen LogP contribution in [-0.4, -0.2) is 23.1 Å². The second-order valence-corrected chi connectivity index (χ2v) is 6.58. The molecule has 3 heteroatoms. The summed E-state index contributed by atoms with van der Waals surface area (Å²) in [6.45, 7) is 3.10. The summed E-state index contributed by atoms with van der Waals surface area (Å²) in [7, 11) is 0. The van der Waals surface area contributed by atoms with Crippen molar-refractivity contribution in [1.29, 1.82) is 0 Å². The zero-order valence-corrected chi connectivity index (χ0v) is 11.5. The molecular formula is C16H17NOS. The molecule has 1 aromatic heterocycles. The smallest absolute Gasteiger partial charge is 0.0847 e. The lowest BCUT2D eigenvalue weighted by atomic mass is 9.98. The van der Waals surface area contributed by atoms with Crippen LogP contribution in [0.25, 0.3) is 0 Å². The molecule has 3 atom stereocenters. The quantitative estimate of drug-likeness (QED) is 0.907. The predicted molar refractivity (Wildman–Crippen MR) is 77.2 cm³/mol. The van der Waals surface area contributed by atoms with Gasteiger partial charge in [0, 0.05) is 36.3 Å². The molecule has 0 spiro atoms. The third-order valence-electron chi connectivity index (χ3n) is 4.48. The molecule has 4 rings (SSSR count). The summed E-state index contributed by atoms with van der Waals surface area (Å²) in [5.41, 5.74) is 2.56. The standard InChI is InChI=1S/C16H17NOS/c18-15-12-6-7-19-16(12)14-10-17(9-13(14)15)8-11-4-2-1-3-5-11/h1-7,13-15,18H,8-10H2. The van der Waals surface area contributed by atoms with Gasteiger partial charge in [0.2, 0.25) is 0 Å². The second kappa shape index (κ2) is 4.44. The van der Waals surface area contributed by atoms with E-state index in [1.165, 1.54) is 16.0 Å². The summed E-state index contributed by atoms with van der Waals surface area (Å²) in [6, 6.07) is 12.7. The maximum absolute atomic E-state index is 10.4. The Kier molecular flexibility index (Phi) is 2.72. The van der Waals surface area contributed by atoms with E-state index >= 15 is 0 Å². The van der Waals surface area contributed by atoms with Crippen LogP contribution in [0.1, 0.15) is 28.0 Å². The van der Waals surface area contributed by atoms with Crippen LogP contribution in [0.4, 0.5) is 0 Å². The van der Waals surface area contributed by atoms with E-state index in [-0.39, 0.29) is 6.10 Å². The van der Waals surface area contributed by atoms with Crippen LogP contribution < -0.4 is 0 Å². The number of thiophene rings is 1. The highest BCUT2D eigenvalue weighted by molar-refractivity contribution is 7.10. The van der Waals surface area contributed by atoms with E-state index in [1.54, 1.807) is 0 Å². The van der Waals surface area contributed by atoms with Gasteiger partial charge >= 0.3 is 0 Å². The van der Waals surface area contributed by atoms with Crippen LogP contribution in [0, 0.1) is 5.92 Å². The fourth-order valence-corrected chi connectivity index (χ4v) is 4.70. The summed E-state index contributed by atoms with van der Waals surface area (Å²) in [5, 5.41) is 12.5. The van der Waals surface area contributed by atoms with E-state index in [0.717, 1.165) is 19.6 Å². The number of rotatable bonds is 2. The van der Waals surface area contributed by atoms with Crippen LogP contribution >= 0.6 is 11.3 Å². The third-order valence-corrected chi connectivity index (χ3v) is 5.54. The molecule has 0 saturated carbocycles. The fraction of sp³-hybridized carbons (Fsp3) is 0.375. The molecule has 1 N–H and O–H groups in total. The van der Waals surface area contributed by atoms with Crippen molar-refractivity contribution in [3.63, 3.8) is 0 Å². The van der Waals surface area contributed by atoms with Crippen molar-refractivity contribution in [2.75, 3.05) is 13.1 Å². The minimum absolute atomic E-state index is 0.243. The Morgan fingerprint density at radius 1 is 1.16 bits per heavy atom. The molecule has 0 amide bonds. The SMILES string of the molecule is OC1c2ccsc2C2CN(Cc3ccccc3)CC12. The van der Waals surface area contributed by atoms with Crippen molar-refractivity contribution < 1.29 is 5.11 Å². The van der Waals surface area contributed by atoms with Crippen LogP contribution in [0.3, 0.4) is 0 Å². The minimum Gasteiger partial charge on any atom is -0.388 e. The lowest BCUT2D eigenvalue weighted by Crippen LogP contribution is -2.22. The molecule has 2 aliphatic rings. The Bertz CT molecular complexity index is 579. The molecule has 0 radical (unpaired) electrons. The van der Waals surface area contributed by atoms with Gasteiger partial charge in [-0.25, -0.2) is 0 Å². The van der Waals surface area contributed by atoms with E-state index < -0.39 is 0 Å². The molecule has 98 valence electrons. The zero-order valence-electron chi connectivity index (χ0n) is 10.7. The predicted octanol–water partition coefficient (Wildman–Crippen LogP) is 3.01. The summed E-state index contributed by atoms with van der Waals surface area (Å²) in [4.78, 5) is 3.91. The van der Waals surface area contributed by atoms with Gasteiger partial charge in [-0.3, -0.25) is 4.90 Å². The highest BCUT2D eigenvalue weighted by Crippen LogP contribution is 2.51. The molecule has 1 aliphatic heterocycles. The number of likely N-dealkylation sites (tertiary alicyclic amines) is 1. The Labute approximate surface area is 117 Å². The molecule has 2 heterocycles. The Morgan fingerprint density at radius 2 is 2.00 bits per heavy atom. The Morgan fingerprint density at radius 3 is 2.84 bits per heavy atom. The molecule has 1 aromatic carbocycles. The van der Waals surface area contributed by atoms with E-state index in [9.17, 15) is 5.11 Å². The monoisotopic (exact) mass is 271 g/mol. The van der Waals surface area contributed by atoms with Crippen molar-refractivity contribution in [2.24, 2.45) is 5.92 Å². The third kappa shape index (κ3) is 1.84. The van der Waals surface area contributed by atoms with Gasteiger partial charge in [-0.1, -0.05) is 30.3 Å². The zero-order chi connectivity index (χ0) is 12.8. The topological polar surface area (TPSA) is 23.5 Å². The molecular weight excluding hydrogens is 254 g/mol. The maximum atomic E-state index is 10.4. The van der Waals surface area contributed by atoms with E-state index in [2.05, 4.69) is 46.7 Å². The number of aliphatic hydroxyl groups is 1. The van der Waals surface area contributed by atoms with E-state index in [4.69, 9.17) is 0 Å². The lowest BCUT2D eigenvalue weighted by Gasteiger charge is -2.18. The number of benzene rings is 1. The summed E-state index contributed by atoms with van der Waals surface area (Å²) in [5.74, 6) is 0.958. The average Bonchev–Trinajstić information content (AvgIpc) is 3.08. The molecule has 0 bridgehead atoms. The number of hydrogen-bond donors (Lipinski definition) is 1. The Hall–Kier alpha value is -1.16. The van der Waals surface area contributed by atoms with Gasteiger partial charge in [0.15, 0.2) is 0 Å². The van der Waals surface area contributed by atoms with Crippen LogP contribution in [0.15, 0.2) is 41.8 Å². The van der Waals surface area contributed by atoms with Gasteiger partial charge in [-0.05, 0) is 22.6 Å². The molecule has 2 nitrogen and oxygen atoms in total. The molecule has 19 heavy (non-hydrogen) atoms. The first kappa shape index (κ1) is 11.6. The first-order chi connectivity index (χ1) is 9.33. The minimum atomic E-state index is -0.243. The highest BCUT2D eigenvalue weighted by Gasteiger charge is 2.46. The largest absolute Gasteiger partial charge is 0.388 e. The number of nitrogens with zero attached hydrogens (tertiary/aromatic N) is 1.